The number of carbonyl (C=O) groups excluding carboxylic acids is 2. The first-order valence-electron chi connectivity index (χ1n) is 9.00. The fraction of sp³-hybridized carbons (Fsp3) is 0.263. The Bertz CT molecular complexity index is 1030. The van der Waals surface area contributed by atoms with Crippen molar-refractivity contribution in [2.45, 2.75) is 25.9 Å². The fourth-order valence-electron chi connectivity index (χ4n) is 2.50. The highest BCUT2D eigenvalue weighted by atomic mass is 35.5. The highest BCUT2D eigenvalue weighted by molar-refractivity contribution is 6.32. The lowest BCUT2D eigenvalue weighted by molar-refractivity contribution is -0.384. The lowest BCUT2D eigenvalue weighted by atomic mass is 10.2. The molecule has 2 aromatic rings. The number of benzene rings is 2. The summed E-state index contributed by atoms with van der Waals surface area (Å²) >= 11 is 5.85. The zero-order valence-electron chi connectivity index (χ0n) is 16.5. The van der Waals surface area contributed by atoms with Gasteiger partial charge in [0.1, 0.15) is 17.2 Å². The monoisotopic (exact) mass is 475 g/mol. The predicted molar refractivity (Wildman–Crippen MR) is 107 cm³/mol. The van der Waals surface area contributed by atoms with Gasteiger partial charge in [-0.05, 0) is 31.2 Å². The van der Waals surface area contributed by atoms with Crippen LogP contribution in [0.15, 0.2) is 36.4 Å². The quantitative estimate of drug-likeness (QED) is 0.194. The standard InChI is InChI=1S/C19H17ClF3N3O6/c1-2-31-18(28)8-7-17(27)25(24)15-10-12(4-5-14(15)26(29)30)32-16-6-3-11(9-13(16)20)19(21,22)23/h3-6,9-10H,2,7-8,24H2,1H3. The molecule has 0 atom stereocenters. The summed E-state index contributed by atoms with van der Waals surface area (Å²) < 4.78 is 48.5. The first-order valence-corrected chi connectivity index (χ1v) is 9.38. The van der Waals surface area contributed by atoms with Crippen LogP contribution >= 0.6 is 11.6 Å². The number of rotatable bonds is 8. The molecule has 13 heteroatoms. The van der Waals surface area contributed by atoms with Crippen molar-refractivity contribution in [2.75, 3.05) is 11.6 Å². The van der Waals surface area contributed by atoms with E-state index in [0.717, 1.165) is 30.3 Å². The molecule has 0 fully saturated rings. The Morgan fingerprint density at radius 2 is 1.88 bits per heavy atom. The van der Waals surface area contributed by atoms with E-state index < -0.39 is 34.2 Å². The summed E-state index contributed by atoms with van der Waals surface area (Å²) in [5.41, 5.74) is -1.88. The Kier molecular flexibility index (Phi) is 8.00. The molecule has 172 valence electrons. The van der Waals surface area contributed by atoms with Gasteiger partial charge >= 0.3 is 12.1 Å². The molecule has 0 spiro atoms. The second-order valence-electron chi connectivity index (χ2n) is 6.22. The average Bonchev–Trinajstić information content (AvgIpc) is 2.72. The van der Waals surface area contributed by atoms with E-state index in [-0.39, 0.29) is 41.7 Å². The van der Waals surface area contributed by atoms with Crippen molar-refractivity contribution in [3.05, 3.63) is 57.1 Å². The van der Waals surface area contributed by atoms with Crippen molar-refractivity contribution in [3.8, 4) is 11.5 Å². The molecule has 0 bridgehead atoms. The fourth-order valence-corrected chi connectivity index (χ4v) is 2.72. The molecule has 0 aliphatic carbocycles. The molecule has 1 amide bonds. The molecule has 0 saturated heterocycles. The van der Waals surface area contributed by atoms with Crippen molar-refractivity contribution < 1.29 is 37.2 Å². The Morgan fingerprint density at radius 1 is 1.19 bits per heavy atom. The van der Waals surface area contributed by atoms with Crippen LogP contribution < -0.4 is 15.6 Å². The number of nitrogens with zero attached hydrogens (tertiary/aromatic N) is 2. The largest absolute Gasteiger partial charge is 0.466 e. The lowest BCUT2D eigenvalue weighted by Crippen LogP contribution is -2.38. The molecule has 0 saturated carbocycles. The number of anilines is 1. The van der Waals surface area contributed by atoms with Crippen molar-refractivity contribution in [1.82, 2.24) is 0 Å². The van der Waals surface area contributed by atoms with E-state index in [4.69, 9.17) is 26.9 Å². The van der Waals surface area contributed by atoms with Gasteiger partial charge in [0.05, 0.1) is 28.5 Å². The molecule has 32 heavy (non-hydrogen) atoms. The number of amides is 1. The summed E-state index contributed by atoms with van der Waals surface area (Å²) in [4.78, 5) is 34.2. The maximum absolute atomic E-state index is 12.8. The van der Waals surface area contributed by atoms with Gasteiger partial charge < -0.3 is 9.47 Å². The van der Waals surface area contributed by atoms with Crippen LogP contribution in [-0.2, 0) is 20.5 Å². The van der Waals surface area contributed by atoms with Crippen molar-refractivity contribution in [3.63, 3.8) is 0 Å². The minimum Gasteiger partial charge on any atom is -0.466 e. The minimum absolute atomic E-state index is 0.0825. The SMILES string of the molecule is CCOC(=O)CCC(=O)N(N)c1cc(Oc2ccc(C(F)(F)F)cc2Cl)ccc1[N+](=O)[O-]. The van der Waals surface area contributed by atoms with Crippen LogP contribution in [0.25, 0.3) is 0 Å². The number of halogens is 4. The predicted octanol–water partition coefficient (Wildman–Crippen LogP) is 4.61. The number of nitro benzene ring substituents is 1. The number of ether oxygens (including phenoxy) is 2. The van der Waals surface area contributed by atoms with Crippen LogP contribution in [-0.4, -0.2) is 23.4 Å². The van der Waals surface area contributed by atoms with Crippen molar-refractivity contribution in [1.29, 1.82) is 0 Å². The number of alkyl halides is 3. The van der Waals surface area contributed by atoms with Gasteiger partial charge in [0.25, 0.3) is 5.69 Å². The summed E-state index contributed by atoms with van der Waals surface area (Å²) in [5.74, 6) is 4.02. The van der Waals surface area contributed by atoms with Gasteiger partial charge in [-0.3, -0.25) is 19.7 Å². The molecule has 9 nitrogen and oxygen atoms in total. The molecule has 0 aliphatic rings. The van der Waals surface area contributed by atoms with Gasteiger partial charge in [0.2, 0.25) is 5.91 Å². The molecule has 0 unspecified atom stereocenters. The number of hydrogen-bond donors (Lipinski definition) is 1. The van der Waals surface area contributed by atoms with Gasteiger partial charge in [0.15, 0.2) is 0 Å². The topological polar surface area (TPSA) is 125 Å². The van der Waals surface area contributed by atoms with E-state index in [1.165, 1.54) is 0 Å². The zero-order chi connectivity index (χ0) is 24.1. The normalized spacial score (nSPS) is 11.1. The van der Waals surface area contributed by atoms with Crippen LogP contribution in [0.1, 0.15) is 25.3 Å². The third-order valence-electron chi connectivity index (χ3n) is 4.01. The van der Waals surface area contributed by atoms with Gasteiger partial charge in [-0.1, -0.05) is 11.6 Å². The summed E-state index contributed by atoms with van der Waals surface area (Å²) in [6.45, 7) is 1.71. The second-order valence-corrected chi connectivity index (χ2v) is 6.63. The molecule has 0 heterocycles. The Hall–Kier alpha value is -3.38. The number of nitro groups is 1. The summed E-state index contributed by atoms with van der Waals surface area (Å²) in [5, 5.41) is 11.5. The van der Waals surface area contributed by atoms with E-state index in [1.807, 2.05) is 0 Å². The highest BCUT2D eigenvalue weighted by Gasteiger charge is 2.31. The number of nitrogens with two attached hydrogens (primary N) is 1. The molecule has 2 rings (SSSR count). The molecule has 2 N–H and O–H groups in total. The van der Waals surface area contributed by atoms with Crippen molar-refractivity contribution in [2.24, 2.45) is 5.84 Å². The van der Waals surface area contributed by atoms with E-state index in [9.17, 15) is 32.9 Å². The van der Waals surface area contributed by atoms with Crippen LogP contribution in [0.3, 0.4) is 0 Å². The number of esters is 1. The third kappa shape index (κ3) is 6.31. The van der Waals surface area contributed by atoms with Crippen LogP contribution in [0.5, 0.6) is 11.5 Å². The van der Waals surface area contributed by atoms with Gasteiger partial charge in [-0.25, -0.2) is 10.9 Å². The summed E-state index contributed by atoms with van der Waals surface area (Å²) in [6.07, 6.45) is -5.26. The zero-order valence-corrected chi connectivity index (χ0v) is 17.3. The number of hydrazine groups is 1. The van der Waals surface area contributed by atoms with Gasteiger partial charge in [0, 0.05) is 18.6 Å². The lowest BCUT2D eigenvalue weighted by Gasteiger charge is -2.18. The second kappa shape index (κ2) is 10.3. The number of hydrogen-bond acceptors (Lipinski definition) is 7. The van der Waals surface area contributed by atoms with E-state index in [2.05, 4.69) is 0 Å². The maximum Gasteiger partial charge on any atom is 0.416 e. The molecule has 0 aromatic heterocycles. The molecular formula is C19H17ClF3N3O6. The van der Waals surface area contributed by atoms with Crippen molar-refractivity contribution >= 4 is 34.9 Å². The smallest absolute Gasteiger partial charge is 0.416 e. The molecule has 0 radical (unpaired) electrons. The molecule has 2 aromatic carbocycles. The Balaban J connectivity index is 2.29. The molecule has 0 aliphatic heterocycles. The van der Waals surface area contributed by atoms with Crippen LogP contribution in [0.4, 0.5) is 24.5 Å². The third-order valence-corrected chi connectivity index (χ3v) is 4.30. The van der Waals surface area contributed by atoms with E-state index >= 15 is 0 Å². The Labute approximate surface area is 184 Å². The van der Waals surface area contributed by atoms with Crippen LogP contribution in [0, 0.1) is 10.1 Å². The summed E-state index contributed by atoms with van der Waals surface area (Å²) in [6, 6.07) is 5.61. The minimum atomic E-state index is -4.60. The summed E-state index contributed by atoms with van der Waals surface area (Å²) in [7, 11) is 0. The van der Waals surface area contributed by atoms with Gasteiger partial charge in [-0.2, -0.15) is 13.2 Å². The van der Waals surface area contributed by atoms with Crippen LogP contribution in [0.2, 0.25) is 5.02 Å². The van der Waals surface area contributed by atoms with E-state index in [1.54, 1.807) is 6.92 Å². The average molecular weight is 476 g/mol. The van der Waals surface area contributed by atoms with E-state index in [0.29, 0.717) is 11.1 Å². The van der Waals surface area contributed by atoms with Gasteiger partial charge in [-0.15, -0.1) is 0 Å². The molecular weight excluding hydrogens is 459 g/mol. The Morgan fingerprint density at radius 3 is 2.44 bits per heavy atom. The number of carbonyl (C=O) groups is 2. The maximum atomic E-state index is 12.8. The first-order chi connectivity index (χ1) is 14.9. The first kappa shape index (κ1) is 24.9. The highest BCUT2D eigenvalue weighted by Crippen LogP contribution is 2.38.